The molecule has 0 fully saturated rings. The van der Waals surface area contributed by atoms with Crippen molar-refractivity contribution in [1.82, 2.24) is 0 Å². The fourth-order valence-electron chi connectivity index (χ4n) is 3.89. The number of aryl methyl sites for hydroxylation is 1. The Hall–Kier alpha value is -1.76. The molecule has 0 amide bonds. The maximum atomic E-state index is 6.16. The highest BCUT2D eigenvalue weighted by Gasteiger charge is 2.18. The number of unbranched alkanes of at least 4 members (excludes halogenated alkanes) is 7. The lowest BCUT2D eigenvalue weighted by molar-refractivity contribution is 0.301. The normalized spacial score (nSPS) is 12.5. The summed E-state index contributed by atoms with van der Waals surface area (Å²) in [5, 5.41) is 0. The van der Waals surface area contributed by atoms with E-state index in [4.69, 9.17) is 4.74 Å². The van der Waals surface area contributed by atoms with Crippen LogP contribution in [0.15, 0.2) is 42.5 Å². The third-order valence-electron chi connectivity index (χ3n) is 5.34. The summed E-state index contributed by atoms with van der Waals surface area (Å²) < 4.78 is 6.16. The molecule has 134 valence electrons. The SMILES string of the molecule is CCCCCCCCCCOc1cccc2c1CCc1ccccc1-2. The number of benzene rings is 2. The molecule has 0 bridgehead atoms. The van der Waals surface area contributed by atoms with E-state index in [0.29, 0.717) is 0 Å². The van der Waals surface area contributed by atoms with Gasteiger partial charge in [0.25, 0.3) is 0 Å². The van der Waals surface area contributed by atoms with Gasteiger partial charge in [0.2, 0.25) is 0 Å². The molecule has 0 heterocycles. The van der Waals surface area contributed by atoms with Crippen LogP contribution < -0.4 is 4.74 Å². The van der Waals surface area contributed by atoms with E-state index in [9.17, 15) is 0 Å². The molecule has 0 aromatic heterocycles. The lowest BCUT2D eigenvalue weighted by Gasteiger charge is -2.22. The van der Waals surface area contributed by atoms with Crippen molar-refractivity contribution >= 4 is 0 Å². The Balaban J connectivity index is 1.47. The van der Waals surface area contributed by atoms with Gasteiger partial charge in [-0.15, -0.1) is 0 Å². The van der Waals surface area contributed by atoms with Gasteiger partial charge in [0.15, 0.2) is 0 Å². The van der Waals surface area contributed by atoms with Gasteiger partial charge >= 0.3 is 0 Å². The summed E-state index contributed by atoms with van der Waals surface area (Å²) in [6, 6.07) is 15.3. The standard InChI is InChI=1S/C24H32O/c1-2-3-4-5-6-7-8-11-19-25-24-16-12-15-22-21-14-10-9-13-20(21)17-18-23(22)24/h9-10,12-16H,2-8,11,17-19H2,1H3. The quantitative estimate of drug-likeness (QED) is 0.426. The molecule has 25 heavy (non-hydrogen) atoms. The molecular formula is C24H32O. The number of hydrogen-bond donors (Lipinski definition) is 0. The van der Waals surface area contributed by atoms with Gasteiger partial charge in [0.1, 0.15) is 5.75 Å². The van der Waals surface area contributed by atoms with Gasteiger partial charge in [0.05, 0.1) is 6.61 Å². The van der Waals surface area contributed by atoms with Crippen molar-refractivity contribution < 1.29 is 4.74 Å². The Morgan fingerprint density at radius 2 is 1.44 bits per heavy atom. The maximum absolute atomic E-state index is 6.16. The molecule has 2 aromatic rings. The lowest BCUT2D eigenvalue weighted by atomic mass is 9.85. The molecule has 1 aliphatic carbocycles. The summed E-state index contributed by atoms with van der Waals surface area (Å²) in [7, 11) is 0. The Kier molecular flexibility index (Phi) is 6.97. The van der Waals surface area contributed by atoms with E-state index in [1.165, 1.54) is 73.6 Å². The van der Waals surface area contributed by atoms with E-state index in [2.05, 4.69) is 49.4 Å². The summed E-state index contributed by atoms with van der Waals surface area (Å²) in [5.74, 6) is 1.11. The van der Waals surface area contributed by atoms with Crippen molar-refractivity contribution in [2.45, 2.75) is 71.1 Å². The summed E-state index contributed by atoms with van der Waals surface area (Å²) in [6.45, 7) is 3.13. The molecule has 0 spiro atoms. The second-order valence-corrected chi connectivity index (χ2v) is 7.26. The summed E-state index contributed by atoms with van der Waals surface area (Å²) in [5.41, 5.74) is 5.63. The van der Waals surface area contributed by atoms with Crippen molar-refractivity contribution in [1.29, 1.82) is 0 Å². The number of hydrogen-bond acceptors (Lipinski definition) is 1. The molecule has 0 N–H and O–H groups in total. The second-order valence-electron chi connectivity index (χ2n) is 7.26. The molecule has 2 aromatic carbocycles. The zero-order chi connectivity index (χ0) is 17.3. The van der Waals surface area contributed by atoms with Crippen LogP contribution in [0.5, 0.6) is 5.75 Å². The Morgan fingerprint density at radius 3 is 2.28 bits per heavy atom. The van der Waals surface area contributed by atoms with Crippen LogP contribution in [-0.2, 0) is 12.8 Å². The Labute approximate surface area is 153 Å². The number of fused-ring (bicyclic) bond motifs is 3. The van der Waals surface area contributed by atoms with E-state index in [1.54, 1.807) is 0 Å². The Bertz CT molecular complexity index is 659. The fraction of sp³-hybridized carbons (Fsp3) is 0.500. The van der Waals surface area contributed by atoms with E-state index in [1.807, 2.05) is 0 Å². The van der Waals surface area contributed by atoms with E-state index in [0.717, 1.165) is 25.2 Å². The molecule has 0 aliphatic heterocycles. The molecule has 0 atom stereocenters. The summed E-state index contributed by atoms with van der Waals surface area (Å²) in [4.78, 5) is 0. The zero-order valence-electron chi connectivity index (χ0n) is 15.7. The van der Waals surface area contributed by atoms with Crippen molar-refractivity contribution in [2.24, 2.45) is 0 Å². The third kappa shape index (κ3) is 4.87. The first-order valence-corrected chi connectivity index (χ1v) is 10.2. The van der Waals surface area contributed by atoms with Crippen molar-refractivity contribution in [3.8, 4) is 16.9 Å². The van der Waals surface area contributed by atoms with Gasteiger partial charge in [-0.1, -0.05) is 88.3 Å². The first kappa shape index (κ1) is 18.0. The van der Waals surface area contributed by atoms with Gasteiger partial charge in [-0.2, -0.15) is 0 Å². The van der Waals surface area contributed by atoms with Gasteiger partial charge in [-0.05, 0) is 42.0 Å². The van der Waals surface area contributed by atoms with Crippen LogP contribution in [0, 0.1) is 0 Å². The van der Waals surface area contributed by atoms with Crippen molar-refractivity contribution in [2.75, 3.05) is 6.61 Å². The molecule has 1 aliphatic rings. The minimum Gasteiger partial charge on any atom is -0.493 e. The second kappa shape index (κ2) is 9.65. The highest BCUT2D eigenvalue weighted by atomic mass is 16.5. The fourth-order valence-corrected chi connectivity index (χ4v) is 3.89. The van der Waals surface area contributed by atoms with Crippen LogP contribution in [-0.4, -0.2) is 6.61 Å². The number of rotatable bonds is 10. The van der Waals surface area contributed by atoms with Gasteiger partial charge < -0.3 is 4.74 Å². The first-order valence-electron chi connectivity index (χ1n) is 10.2. The number of ether oxygens (including phenoxy) is 1. The average molecular weight is 337 g/mol. The third-order valence-corrected chi connectivity index (χ3v) is 5.34. The topological polar surface area (TPSA) is 9.23 Å². The smallest absolute Gasteiger partial charge is 0.123 e. The zero-order valence-corrected chi connectivity index (χ0v) is 15.7. The van der Waals surface area contributed by atoms with Crippen LogP contribution in [0.4, 0.5) is 0 Å². The minimum absolute atomic E-state index is 0.854. The van der Waals surface area contributed by atoms with Crippen LogP contribution in [0.25, 0.3) is 11.1 Å². The van der Waals surface area contributed by atoms with Crippen LogP contribution in [0.3, 0.4) is 0 Å². The van der Waals surface area contributed by atoms with Gasteiger partial charge in [-0.25, -0.2) is 0 Å². The monoisotopic (exact) mass is 336 g/mol. The molecule has 0 saturated heterocycles. The lowest BCUT2D eigenvalue weighted by Crippen LogP contribution is -2.07. The van der Waals surface area contributed by atoms with Crippen LogP contribution >= 0.6 is 0 Å². The van der Waals surface area contributed by atoms with E-state index in [-0.39, 0.29) is 0 Å². The predicted molar refractivity (Wildman–Crippen MR) is 107 cm³/mol. The first-order chi connectivity index (χ1) is 12.4. The predicted octanol–water partition coefficient (Wildman–Crippen LogP) is 6.97. The molecule has 0 unspecified atom stereocenters. The van der Waals surface area contributed by atoms with Gasteiger partial charge in [0, 0.05) is 5.56 Å². The summed E-state index contributed by atoms with van der Waals surface area (Å²) >= 11 is 0. The molecule has 1 heteroatoms. The van der Waals surface area contributed by atoms with Crippen LogP contribution in [0.1, 0.15) is 69.4 Å². The molecule has 3 rings (SSSR count). The molecule has 0 saturated carbocycles. The van der Waals surface area contributed by atoms with Crippen molar-refractivity contribution in [3.63, 3.8) is 0 Å². The van der Waals surface area contributed by atoms with Crippen LogP contribution in [0.2, 0.25) is 0 Å². The maximum Gasteiger partial charge on any atom is 0.123 e. The largest absolute Gasteiger partial charge is 0.493 e. The highest BCUT2D eigenvalue weighted by molar-refractivity contribution is 5.75. The van der Waals surface area contributed by atoms with Crippen molar-refractivity contribution in [3.05, 3.63) is 53.6 Å². The highest BCUT2D eigenvalue weighted by Crippen LogP contribution is 2.38. The molecule has 1 nitrogen and oxygen atoms in total. The average Bonchev–Trinajstić information content (AvgIpc) is 2.66. The van der Waals surface area contributed by atoms with E-state index < -0.39 is 0 Å². The van der Waals surface area contributed by atoms with E-state index >= 15 is 0 Å². The van der Waals surface area contributed by atoms with Gasteiger partial charge in [-0.3, -0.25) is 0 Å². The Morgan fingerprint density at radius 1 is 0.720 bits per heavy atom. The summed E-state index contributed by atoms with van der Waals surface area (Å²) in [6.07, 6.45) is 13.0. The molecular weight excluding hydrogens is 304 g/mol. The molecule has 0 radical (unpaired) electrons. The minimum atomic E-state index is 0.854.